The molecule has 1 aromatic heterocycles. The van der Waals surface area contributed by atoms with Crippen LogP contribution in [0.25, 0.3) is 0 Å². The molecule has 2 aromatic rings. The minimum atomic E-state index is -3.44. The third-order valence-electron chi connectivity index (χ3n) is 3.04. The summed E-state index contributed by atoms with van der Waals surface area (Å²) in [6.07, 6.45) is 1.08. The fourth-order valence-corrected chi connectivity index (χ4v) is 3.54. The standard InChI is InChI=1S/C15H20N2O2S2/c1-2-8-16-10-13-3-5-15(6-4-13)21(18,19)17-11-14-7-9-20-12-14/h3-7,9,12,16-17H,2,8,10-11H2,1H3. The van der Waals surface area contributed by atoms with Crippen LogP contribution in [0.3, 0.4) is 0 Å². The van der Waals surface area contributed by atoms with Gasteiger partial charge in [-0.25, -0.2) is 13.1 Å². The van der Waals surface area contributed by atoms with Gasteiger partial charge in [0.25, 0.3) is 0 Å². The van der Waals surface area contributed by atoms with Gasteiger partial charge in [-0.2, -0.15) is 11.3 Å². The molecule has 1 heterocycles. The van der Waals surface area contributed by atoms with Crippen LogP contribution in [0.4, 0.5) is 0 Å². The summed E-state index contributed by atoms with van der Waals surface area (Å²) >= 11 is 1.56. The first kappa shape index (κ1) is 16.2. The van der Waals surface area contributed by atoms with Crippen LogP contribution in [0.2, 0.25) is 0 Å². The molecule has 0 bridgehead atoms. The van der Waals surface area contributed by atoms with Gasteiger partial charge in [0.05, 0.1) is 4.90 Å². The zero-order chi connectivity index (χ0) is 15.1. The Morgan fingerprint density at radius 1 is 1.05 bits per heavy atom. The van der Waals surface area contributed by atoms with Gasteiger partial charge in [-0.1, -0.05) is 19.1 Å². The van der Waals surface area contributed by atoms with Gasteiger partial charge in [-0.05, 0) is 53.1 Å². The Hall–Kier alpha value is -1.21. The summed E-state index contributed by atoms with van der Waals surface area (Å²) in [6.45, 7) is 4.16. The van der Waals surface area contributed by atoms with Crippen molar-refractivity contribution < 1.29 is 8.42 Å². The summed E-state index contributed by atoms with van der Waals surface area (Å²) < 4.78 is 27.0. The smallest absolute Gasteiger partial charge is 0.240 e. The van der Waals surface area contributed by atoms with Crippen LogP contribution in [0, 0.1) is 0 Å². The maximum Gasteiger partial charge on any atom is 0.240 e. The lowest BCUT2D eigenvalue weighted by Crippen LogP contribution is -2.23. The van der Waals surface area contributed by atoms with Crippen LogP contribution >= 0.6 is 11.3 Å². The molecular weight excluding hydrogens is 304 g/mol. The number of rotatable bonds is 8. The molecule has 0 saturated carbocycles. The number of benzene rings is 1. The lowest BCUT2D eigenvalue weighted by Gasteiger charge is -2.07. The zero-order valence-electron chi connectivity index (χ0n) is 12.0. The Bertz CT molecular complexity index is 635. The van der Waals surface area contributed by atoms with Crippen molar-refractivity contribution in [3.8, 4) is 0 Å². The van der Waals surface area contributed by atoms with E-state index in [2.05, 4.69) is 17.0 Å². The molecule has 0 aliphatic heterocycles. The van der Waals surface area contributed by atoms with Crippen molar-refractivity contribution in [2.24, 2.45) is 0 Å². The van der Waals surface area contributed by atoms with Crippen molar-refractivity contribution in [3.63, 3.8) is 0 Å². The molecule has 2 N–H and O–H groups in total. The quantitative estimate of drug-likeness (QED) is 0.734. The number of thiophene rings is 1. The molecule has 6 heteroatoms. The van der Waals surface area contributed by atoms with E-state index in [-0.39, 0.29) is 0 Å². The molecule has 0 unspecified atom stereocenters. The van der Waals surface area contributed by atoms with Crippen LogP contribution < -0.4 is 10.0 Å². The van der Waals surface area contributed by atoms with Gasteiger partial charge in [0.15, 0.2) is 0 Å². The highest BCUT2D eigenvalue weighted by atomic mass is 32.2. The molecule has 1 aromatic carbocycles. The minimum Gasteiger partial charge on any atom is -0.313 e. The van der Waals surface area contributed by atoms with Crippen LogP contribution in [0.1, 0.15) is 24.5 Å². The second kappa shape index (κ2) is 7.70. The van der Waals surface area contributed by atoms with Gasteiger partial charge in [0, 0.05) is 13.1 Å². The fraction of sp³-hybridized carbons (Fsp3) is 0.333. The highest BCUT2D eigenvalue weighted by Crippen LogP contribution is 2.12. The zero-order valence-corrected chi connectivity index (χ0v) is 13.6. The average molecular weight is 324 g/mol. The van der Waals surface area contributed by atoms with Crippen LogP contribution in [-0.2, 0) is 23.1 Å². The summed E-state index contributed by atoms with van der Waals surface area (Å²) in [5.41, 5.74) is 2.06. The first-order chi connectivity index (χ1) is 10.1. The molecule has 2 rings (SSSR count). The van der Waals surface area contributed by atoms with Gasteiger partial charge in [0.1, 0.15) is 0 Å². The molecular formula is C15H20N2O2S2. The molecule has 21 heavy (non-hydrogen) atoms. The summed E-state index contributed by atoms with van der Waals surface area (Å²) in [6, 6.07) is 8.91. The second-order valence-corrected chi connectivity index (χ2v) is 7.32. The van der Waals surface area contributed by atoms with E-state index >= 15 is 0 Å². The fourth-order valence-electron chi connectivity index (χ4n) is 1.85. The lowest BCUT2D eigenvalue weighted by molar-refractivity contribution is 0.581. The van der Waals surface area contributed by atoms with Gasteiger partial charge < -0.3 is 5.32 Å². The molecule has 0 fully saturated rings. The van der Waals surface area contributed by atoms with Gasteiger partial charge in [0.2, 0.25) is 10.0 Å². The molecule has 0 aliphatic carbocycles. The predicted octanol–water partition coefficient (Wildman–Crippen LogP) is 2.73. The minimum absolute atomic E-state index is 0.303. The van der Waals surface area contributed by atoms with Crippen LogP contribution in [-0.4, -0.2) is 15.0 Å². The first-order valence-corrected chi connectivity index (χ1v) is 9.35. The van der Waals surface area contributed by atoms with Crippen molar-refractivity contribution in [3.05, 3.63) is 52.2 Å². The highest BCUT2D eigenvalue weighted by molar-refractivity contribution is 7.89. The van der Waals surface area contributed by atoms with Crippen molar-refractivity contribution >= 4 is 21.4 Å². The van der Waals surface area contributed by atoms with Crippen LogP contribution in [0.5, 0.6) is 0 Å². The molecule has 0 radical (unpaired) electrons. The van der Waals surface area contributed by atoms with E-state index in [1.807, 2.05) is 29.0 Å². The average Bonchev–Trinajstić information content (AvgIpc) is 3.00. The molecule has 0 spiro atoms. The number of hydrogen-bond donors (Lipinski definition) is 2. The Balaban J connectivity index is 1.96. The molecule has 0 aliphatic rings. The Morgan fingerprint density at radius 2 is 1.81 bits per heavy atom. The third kappa shape index (κ3) is 4.93. The maximum absolute atomic E-state index is 12.2. The van der Waals surface area contributed by atoms with Crippen LogP contribution in [0.15, 0.2) is 46.0 Å². The number of hydrogen-bond acceptors (Lipinski definition) is 4. The number of sulfonamides is 1. The first-order valence-electron chi connectivity index (χ1n) is 6.92. The monoisotopic (exact) mass is 324 g/mol. The highest BCUT2D eigenvalue weighted by Gasteiger charge is 2.13. The Kier molecular flexibility index (Phi) is 5.93. The van der Waals surface area contributed by atoms with Gasteiger partial charge in [-0.15, -0.1) is 0 Å². The van der Waals surface area contributed by atoms with E-state index in [1.165, 1.54) is 0 Å². The third-order valence-corrected chi connectivity index (χ3v) is 5.19. The summed E-state index contributed by atoms with van der Waals surface area (Å²) in [4.78, 5) is 0.303. The molecule has 114 valence electrons. The van der Waals surface area contributed by atoms with E-state index in [1.54, 1.807) is 23.5 Å². The van der Waals surface area contributed by atoms with Crippen molar-refractivity contribution in [2.75, 3.05) is 6.54 Å². The van der Waals surface area contributed by atoms with Crippen molar-refractivity contribution in [1.29, 1.82) is 0 Å². The molecule has 4 nitrogen and oxygen atoms in total. The summed E-state index contributed by atoms with van der Waals surface area (Å²) in [5, 5.41) is 7.16. The van der Waals surface area contributed by atoms with E-state index < -0.39 is 10.0 Å². The van der Waals surface area contributed by atoms with Crippen molar-refractivity contribution in [2.45, 2.75) is 31.3 Å². The maximum atomic E-state index is 12.2. The Labute approximate surface area is 130 Å². The SMILES string of the molecule is CCCNCc1ccc(S(=O)(=O)NCc2ccsc2)cc1. The Morgan fingerprint density at radius 3 is 2.43 bits per heavy atom. The van der Waals surface area contributed by atoms with E-state index in [9.17, 15) is 8.42 Å². The molecule has 0 atom stereocenters. The van der Waals surface area contributed by atoms with Gasteiger partial charge >= 0.3 is 0 Å². The van der Waals surface area contributed by atoms with Crippen molar-refractivity contribution in [1.82, 2.24) is 10.0 Å². The topological polar surface area (TPSA) is 58.2 Å². The van der Waals surface area contributed by atoms with E-state index in [0.717, 1.165) is 30.6 Å². The van der Waals surface area contributed by atoms with Gasteiger partial charge in [-0.3, -0.25) is 0 Å². The normalized spacial score (nSPS) is 11.7. The van der Waals surface area contributed by atoms with E-state index in [4.69, 9.17) is 0 Å². The second-order valence-electron chi connectivity index (χ2n) is 4.78. The van der Waals surface area contributed by atoms with E-state index in [0.29, 0.717) is 11.4 Å². The summed E-state index contributed by atoms with van der Waals surface area (Å²) in [7, 11) is -3.44. The molecule has 0 amide bonds. The number of nitrogens with one attached hydrogen (secondary N) is 2. The predicted molar refractivity (Wildman–Crippen MR) is 86.8 cm³/mol. The largest absolute Gasteiger partial charge is 0.313 e. The summed E-state index contributed by atoms with van der Waals surface area (Å²) in [5.74, 6) is 0. The molecule has 0 saturated heterocycles. The lowest BCUT2D eigenvalue weighted by atomic mass is 10.2.